The highest BCUT2D eigenvalue weighted by Gasteiger charge is 2.25. The fourth-order valence-electron chi connectivity index (χ4n) is 2.38. The first kappa shape index (κ1) is 17.8. The van der Waals surface area contributed by atoms with Gasteiger partial charge in [-0.1, -0.05) is 11.6 Å². The van der Waals surface area contributed by atoms with Crippen LogP contribution in [0.15, 0.2) is 41.2 Å². The van der Waals surface area contributed by atoms with E-state index in [1.807, 2.05) is 0 Å². The number of aromatic nitrogens is 1. The number of aliphatic imine (C=N–C) groups is 1. The van der Waals surface area contributed by atoms with Gasteiger partial charge in [-0.05, 0) is 35.9 Å². The predicted molar refractivity (Wildman–Crippen MR) is 96.0 cm³/mol. The Hall–Kier alpha value is -3.06. The predicted octanol–water partition coefficient (Wildman–Crippen LogP) is 3.11. The number of carbonyl (C=O) groups is 1. The molecule has 0 radical (unpaired) electrons. The number of carbonyl (C=O) groups excluding carboxylic acids is 1. The number of hydrogen-bond donors (Lipinski definition) is 0. The van der Waals surface area contributed by atoms with Crippen LogP contribution in [-0.2, 0) is 9.53 Å². The molecular weight excluding hydrogens is 360 g/mol. The van der Waals surface area contributed by atoms with Crippen LogP contribution in [0, 0.1) is 0 Å². The lowest BCUT2D eigenvalue weighted by molar-refractivity contribution is -0.129. The minimum atomic E-state index is -0.587. The summed E-state index contributed by atoms with van der Waals surface area (Å²) >= 11 is 5.93. The maximum absolute atomic E-state index is 12.1. The average Bonchev–Trinajstić information content (AvgIpc) is 3.01. The Morgan fingerprint density at radius 3 is 2.35 bits per heavy atom. The first-order valence-electron chi connectivity index (χ1n) is 7.50. The lowest BCUT2D eigenvalue weighted by atomic mass is 10.1. The summed E-state index contributed by atoms with van der Waals surface area (Å²) in [6.45, 7) is 0. The number of nitrogens with zero attached hydrogens (tertiary/aromatic N) is 2. The minimum Gasteiger partial charge on any atom is -0.493 e. The van der Waals surface area contributed by atoms with E-state index in [4.69, 9.17) is 30.5 Å². The van der Waals surface area contributed by atoms with Crippen molar-refractivity contribution in [3.8, 4) is 17.2 Å². The molecule has 2 aromatic rings. The Kier molecular flexibility index (Phi) is 5.09. The molecule has 3 rings (SSSR count). The summed E-state index contributed by atoms with van der Waals surface area (Å²) in [7, 11) is 4.54. The molecule has 2 heterocycles. The van der Waals surface area contributed by atoms with E-state index in [9.17, 15) is 4.79 Å². The van der Waals surface area contributed by atoms with Crippen molar-refractivity contribution in [1.82, 2.24) is 4.98 Å². The van der Waals surface area contributed by atoms with Gasteiger partial charge >= 0.3 is 5.97 Å². The second-order valence-corrected chi connectivity index (χ2v) is 5.59. The molecule has 1 aliphatic heterocycles. The normalized spacial score (nSPS) is 14.8. The van der Waals surface area contributed by atoms with Gasteiger partial charge in [0.2, 0.25) is 11.6 Å². The molecule has 0 unspecified atom stereocenters. The number of methoxy groups -OCH3 is 3. The number of pyridine rings is 1. The zero-order valence-electron chi connectivity index (χ0n) is 14.3. The van der Waals surface area contributed by atoms with Crippen molar-refractivity contribution in [3.05, 3.63) is 52.4 Å². The fourth-order valence-corrected chi connectivity index (χ4v) is 2.54. The van der Waals surface area contributed by atoms with Crippen molar-refractivity contribution in [2.24, 2.45) is 4.99 Å². The van der Waals surface area contributed by atoms with Crippen LogP contribution >= 0.6 is 11.6 Å². The highest BCUT2D eigenvalue weighted by atomic mass is 35.5. The molecule has 0 atom stereocenters. The maximum Gasteiger partial charge on any atom is 0.363 e. The molecule has 26 heavy (non-hydrogen) atoms. The Balaban J connectivity index is 2.00. The molecule has 0 amide bonds. The molecule has 0 N–H and O–H groups in total. The van der Waals surface area contributed by atoms with Gasteiger partial charge in [0.15, 0.2) is 17.2 Å². The van der Waals surface area contributed by atoms with Gasteiger partial charge in [-0.25, -0.2) is 9.79 Å². The van der Waals surface area contributed by atoms with Gasteiger partial charge in [0, 0.05) is 11.2 Å². The molecule has 0 saturated carbocycles. The summed E-state index contributed by atoms with van der Waals surface area (Å²) < 4.78 is 21.1. The van der Waals surface area contributed by atoms with E-state index in [0.717, 1.165) is 0 Å². The van der Waals surface area contributed by atoms with Crippen LogP contribution in [0.2, 0.25) is 5.02 Å². The van der Waals surface area contributed by atoms with E-state index in [2.05, 4.69) is 9.98 Å². The Bertz CT molecular complexity index is 899. The molecule has 0 aliphatic carbocycles. The van der Waals surface area contributed by atoms with E-state index in [1.165, 1.54) is 27.5 Å². The SMILES string of the molecule is COc1cc(/C=C2\N=C(c3cc(Cl)ccn3)OC2=O)cc(OC)c1OC. The number of cyclic esters (lactones) is 1. The molecule has 0 spiro atoms. The molecule has 1 aromatic carbocycles. The zero-order chi connectivity index (χ0) is 18.7. The fraction of sp³-hybridized carbons (Fsp3) is 0.167. The third kappa shape index (κ3) is 3.48. The molecule has 0 saturated heterocycles. The van der Waals surface area contributed by atoms with Gasteiger partial charge in [0.05, 0.1) is 21.3 Å². The zero-order valence-corrected chi connectivity index (χ0v) is 15.0. The van der Waals surface area contributed by atoms with E-state index >= 15 is 0 Å². The molecule has 134 valence electrons. The van der Waals surface area contributed by atoms with Crippen molar-refractivity contribution in [2.75, 3.05) is 21.3 Å². The van der Waals surface area contributed by atoms with E-state index in [1.54, 1.807) is 30.3 Å². The summed E-state index contributed by atoms with van der Waals surface area (Å²) in [5.41, 5.74) is 1.13. The van der Waals surface area contributed by atoms with Crippen LogP contribution in [0.25, 0.3) is 6.08 Å². The minimum absolute atomic E-state index is 0.0937. The molecule has 1 aliphatic rings. The van der Waals surface area contributed by atoms with Crippen LogP contribution in [0.5, 0.6) is 17.2 Å². The molecule has 8 heteroatoms. The van der Waals surface area contributed by atoms with E-state index in [-0.39, 0.29) is 11.6 Å². The lowest BCUT2D eigenvalue weighted by Gasteiger charge is -2.12. The van der Waals surface area contributed by atoms with Crippen LogP contribution in [0.4, 0.5) is 0 Å². The third-order valence-electron chi connectivity index (χ3n) is 3.55. The number of benzene rings is 1. The largest absolute Gasteiger partial charge is 0.493 e. The van der Waals surface area contributed by atoms with Crippen molar-refractivity contribution in [1.29, 1.82) is 0 Å². The Morgan fingerprint density at radius 1 is 1.08 bits per heavy atom. The van der Waals surface area contributed by atoms with Crippen LogP contribution in [-0.4, -0.2) is 38.2 Å². The molecule has 1 aromatic heterocycles. The number of halogens is 1. The first-order valence-corrected chi connectivity index (χ1v) is 7.88. The maximum atomic E-state index is 12.1. The molecule has 7 nitrogen and oxygen atoms in total. The number of esters is 1. The van der Waals surface area contributed by atoms with Crippen LogP contribution in [0.3, 0.4) is 0 Å². The number of ether oxygens (including phenoxy) is 4. The highest BCUT2D eigenvalue weighted by Crippen LogP contribution is 2.39. The highest BCUT2D eigenvalue weighted by molar-refractivity contribution is 6.31. The lowest BCUT2D eigenvalue weighted by Crippen LogP contribution is -2.07. The van der Waals surface area contributed by atoms with Crippen molar-refractivity contribution in [3.63, 3.8) is 0 Å². The van der Waals surface area contributed by atoms with E-state index < -0.39 is 5.97 Å². The van der Waals surface area contributed by atoms with Gasteiger partial charge in [-0.2, -0.15) is 0 Å². The Morgan fingerprint density at radius 2 is 1.77 bits per heavy atom. The van der Waals surface area contributed by atoms with Gasteiger partial charge in [-0.3, -0.25) is 4.98 Å². The summed E-state index contributed by atoms with van der Waals surface area (Å²) in [6, 6.07) is 6.59. The molecular formula is C18H15ClN2O5. The van der Waals surface area contributed by atoms with Gasteiger partial charge in [-0.15, -0.1) is 0 Å². The van der Waals surface area contributed by atoms with Crippen molar-refractivity contribution < 1.29 is 23.7 Å². The van der Waals surface area contributed by atoms with Gasteiger partial charge < -0.3 is 18.9 Å². The summed E-state index contributed by atoms with van der Waals surface area (Å²) in [6.07, 6.45) is 3.07. The van der Waals surface area contributed by atoms with Crippen LogP contribution < -0.4 is 14.2 Å². The summed E-state index contributed by atoms with van der Waals surface area (Å²) in [4.78, 5) is 20.4. The average molecular weight is 375 g/mol. The number of rotatable bonds is 5. The Labute approximate surface area is 154 Å². The van der Waals surface area contributed by atoms with E-state index in [0.29, 0.717) is 33.5 Å². The van der Waals surface area contributed by atoms with Crippen molar-refractivity contribution >= 4 is 29.5 Å². The topological polar surface area (TPSA) is 79.2 Å². The summed E-state index contributed by atoms with van der Waals surface area (Å²) in [5.74, 6) is 0.890. The smallest absolute Gasteiger partial charge is 0.363 e. The van der Waals surface area contributed by atoms with Gasteiger partial charge in [0.1, 0.15) is 5.69 Å². The third-order valence-corrected chi connectivity index (χ3v) is 3.79. The monoisotopic (exact) mass is 374 g/mol. The van der Waals surface area contributed by atoms with Gasteiger partial charge in [0.25, 0.3) is 0 Å². The van der Waals surface area contributed by atoms with Crippen molar-refractivity contribution in [2.45, 2.75) is 0 Å². The first-order chi connectivity index (χ1) is 12.5. The second-order valence-electron chi connectivity index (χ2n) is 5.15. The standard InChI is InChI=1S/C18H15ClN2O5/c1-23-14-7-10(8-15(24-2)16(14)25-3)6-13-18(22)26-17(21-13)12-9-11(19)4-5-20-12/h4-9H,1-3H3/b13-6-. The molecule has 0 fully saturated rings. The second kappa shape index (κ2) is 7.45. The van der Waals surface area contributed by atoms with Crippen LogP contribution in [0.1, 0.15) is 11.3 Å². The summed E-state index contributed by atoms with van der Waals surface area (Å²) in [5, 5.41) is 0.468. The molecule has 0 bridgehead atoms. The number of hydrogen-bond acceptors (Lipinski definition) is 7. The quantitative estimate of drug-likeness (QED) is 0.591.